The molecule has 94 valence electrons. The summed E-state index contributed by atoms with van der Waals surface area (Å²) in [7, 11) is 0. The summed E-state index contributed by atoms with van der Waals surface area (Å²) in [5.74, 6) is -2.36. The van der Waals surface area contributed by atoms with Crippen LogP contribution in [0.3, 0.4) is 0 Å². The fourth-order valence-electron chi connectivity index (χ4n) is 0.213. The van der Waals surface area contributed by atoms with Gasteiger partial charge in [-0.15, -0.1) is 0 Å². The second kappa shape index (κ2) is 15.7. The number of carboxylic acids is 2. The van der Waals surface area contributed by atoms with Crippen molar-refractivity contribution in [3.63, 3.8) is 0 Å². The zero-order valence-corrected chi connectivity index (χ0v) is 8.92. The van der Waals surface area contributed by atoms with Crippen molar-refractivity contribution in [2.45, 2.75) is 13.3 Å². The maximum absolute atomic E-state index is 9.87. The van der Waals surface area contributed by atoms with Crippen molar-refractivity contribution in [1.82, 2.24) is 0 Å². The van der Waals surface area contributed by atoms with Crippen LogP contribution < -0.4 is 0 Å². The number of ketones is 1. The Morgan fingerprint density at radius 2 is 1.44 bits per heavy atom. The second-order valence-corrected chi connectivity index (χ2v) is 2.26. The predicted octanol–water partition coefficient (Wildman–Crippen LogP) is -0.722. The molecule has 0 aliphatic rings. The monoisotopic (exact) mass is 236 g/mol. The number of aliphatic hydroxyl groups is 2. The van der Waals surface area contributed by atoms with E-state index in [1.807, 2.05) is 0 Å². The molecule has 7 heteroatoms. The number of hydrogen-bond acceptors (Lipinski definition) is 5. The number of rotatable bonds is 4. The van der Waals surface area contributed by atoms with Gasteiger partial charge in [-0.2, -0.15) is 0 Å². The third-order valence-corrected chi connectivity index (χ3v) is 0.675. The van der Waals surface area contributed by atoms with Crippen LogP contribution in [0.5, 0.6) is 0 Å². The molecule has 0 amide bonds. The molecule has 0 unspecified atom stereocenters. The first kappa shape index (κ1) is 19.8. The normalized spacial score (nSPS) is 7.44. The van der Waals surface area contributed by atoms with Gasteiger partial charge in [0.25, 0.3) is 0 Å². The molecule has 0 aliphatic heterocycles. The molecule has 4 N–H and O–H groups in total. The lowest BCUT2D eigenvalue weighted by Gasteiger charge is -1.80. The van der Waals surface area contributed by atoms with Crippen molar-refractivity contribution in [2.75, 3.05) is 13.2 Å². The zero-order valence-electron chi connectivity index (χ0n) is 8.92. The van der Waals surface area contributed by atoms with Gasteiger partial charge in [-0.25, -0.2) is 4.79 Å². The van der Waals surface area contributed by atoms with Gasteiger partial charge in [0.15, 0.2) is 0 Å². The molecular formula is C9H16O7. The van der Waals surface area contributed by atoms with E-state index in [1.165, 1.54) is 6.92 Å². The van der Waals surface area contributed by atoms with Crippen LogP contribution in [0.15, 0.2) is 12.7 Å². The molecule has 0 radical (unpaired) electrons. The van der Waals surface area contributed by atoms with Gasteiger partial charge in [0, 0.05) is 6.08 Å². The number of aliphatic carboxylic acids is 2. The van der Waals surface area contributed by atoms with E-state index in [-0.39, 0.29) is 25.4 Å². The van der Waals surface area contributed by atoms with Crippen molar-refractivity contribution in [2.24, 2.45) is 0 Å². The van der Waals surface area contributed by atoms with E-state index in [0.717, 1.165) is 6.08 Å². The van der Waals surface area contributed by atoms with Crippen LogP contribution in [-0.4, -0.2) is 51.4 Å². The molecule has 0 spiro atoms. The van der Waals surface area contributed by atoms with Crippen LogP contribution in [0.2, 0.25) is 0 Å². The number of Topliss-reactive ketones (excluding diaryl/α,β-unsaturated/α-hetero) is 1. The SMILES string of the molecule is C=CC(=O)O.CC(=O)CC(=O)O.OCCO. The molecule has 0 aromatic rings. The van der Waals surface area contributed by atoms with Gasteiger partial charge in [-0.3, -0.25) is 9.59 Å². The Balaban J connectivity index is -0.000000166. The third-order valence-electron chi connectivity index (χ3n) is 0.675. The van der Waals surface area contributed by atoms with E-state index in [2.05, 4.69) is 6.58 Å². The Hall–Kier alpha value is -1.73. The highest BCUT2D eigenvalue weighted by atomic mass is 16.4. The Bertz CT molecular complexity index is 208. The lowest BCUT2D eigenvalue weighted by molar-refractivity contribution is -0.139. The minimum absolute atomic E-state index is 0.125. The molecular weight excluding hydrogens is 220 g/mol. The molecule has 0 atom stereocenters. The second-order valence-electron chi connectivity index (χ2n) is 2.26. The van der Waals surface area contributed by atoms with E-state index in [4.69, 9.17) is 20.4 Å². The van der Waals surface area contributed by atoms with E-state index in [9.17, 15) is 14.4 Å². The first-order chi connectivity index (χ1) is 7.31. The minimum Gasteiger partial charge on any atom is -0.481 e. The first-order valence-corrected chi connectivity index (χ1v) is 4.10. The smallest absolute Gasteiger partial charge is 0.327 e. The summed E-state index contributed by atoms with van der Waals surface area (Å²) in [6.45, 7) is 3.95. The van der Waals surface area contributed by atoms with Crippen molar-refractivity contribution in [1.29, 1.82) is 0 Å². The highest BCUT2D eigenvalue weighted by molar-refractivity contribution is 5.93. The molecule has 0 bridgehead atoms. The molecule has 0 saturated carbocycles. The summed E-state index contributed by atoms with van der Waals surface area (Å²) in [4.78, 5) is 28.7. The van der Waals surface area contributed by atoms with Gasteiger partial charge >= 0.3 is 11.9 Å². The van der Waals surface area contributed by atoms with Gasteiger partial charge in [-0.05, 0) is 6.92 Å². The molecule has 0 heterocycles. The van der Waals surface area contributed by atoms with Crippen LogP contribution in [0.1, 0.15) is 13.3 Å². The quantitative estimate of drug-likeness (QED) is 0.374. The summed E-state index contributed by atoms with van der Waals surface area (Å²) >= 11 is 0. The summed E-state index contributed by atoms with van der Waals surface area (Å²) in [6, 6.07) is 0. The minimum atomic E-state index is -1.06. The van der Waals surface area contributed by atoms with Crippen LogP contribution in [0.4, 0.5) is 0 Å². The number of carboxylic acid groups (broad SMARTS) is 2. The number of carbonyl (C=O) groups is 3. The zero-order chi connectivity index (χ0) is 13.6. The first-order valence-electron chi connectivity index (χ1n) is 4.10. The van der Waals surface area contributed by atoms with Gasteiger partial charge in [0.1, 0.15) is 12.2 Å². The molecule has 0 aliphatic carbocycles. The van der Waals surface area contributed by atoms with E-state index in [0.29, 0.717) is 0 Å². The standard InChI is InChI=1S/C4H6O3.C3H4O2.C2H6O2/c1-3(5)2-4(6)7;1-2-3(4)5;3-1-2-4/h2H2,1H3,(H,6,7);2H,1H2,(H,4,5);3-4H,1-2H2. The Kier molecular flexibility index (Phi) is 19.4. The lowest BCUT2D eigenvalue weighted by Crippen LogP contribution is -2.00. The molecule has 16 heavy (non-hydrogen) atoms. The fraction of sp³-hybridized carbons (Fsp3) is 0.444. The highest BCUT2D eigenvalue weighted by Crippen LogP contribution is 1.77. The van der Waals surface area contributed by atoms with Crippen molar-refractivity contribution in [3.05, 3.63) is 12.7 Å². The molecule has 0 saturated heterocycles. The van der Waals surface area contributed by atoms with Crippen LogP contribution in [0.25, 0.3) is 0 Å². The van der Waals surface area contributed by atoms with Crippen LogP contribution in [0, 0.1) is 0 Å². The average molecular weight is 236 g/mol. The highest BCUT2D eigenvalue weighted by Gasteiger charge is 1.98. The molecule has 0 rings (SSSR count). The number of aliphatic hydroxyl groups excluding tert-OH is 2. The topological polar surface area (TPSA) is 132 Å². The maximum atomic E-state index is 9.87. The maximum Gasteiger partial charge on any atom is 0.327 e. The number of carbonyl (C=O) groups excluding carboxylic acids is 1. The summed E-state index contributed by atoms with van der Waals surface area (Å²) in [5.41, 5.74) is 0. The van der Waals surface area contributed by atoms with Gasteiger partial charge in [0.2, 0.25) is 0 Å². The molecule has 0 aromatic carbocycles. The van der Waals surface area contributed by atoms with Crippen molar-refractivity contribution >= 4 is 17.7 Å². The van der Waals surface area contributed by atoms with Gasteiger partial charge in [-0.1, -0.05) is 6.58 Å². The largest absolute Gasteiger partial charge is 0.481 e. The number of hydrogen-bond donors (Lipinski definition) is 4. The Morgan fingerprint density at radius 3 is 1.44 bits per heavy atom. The van der Waals surface area contributed by atoms with Gasteiger partial charge < -0.3 is 20.4 Å². The molecule has 7 nitrogen and oxygen atoms in total. The van der Waals surface area contributed by atoms with Crippen LogP contribution >= 0.6 is 0 Å². The fourth-order valence-corrected chi connectivity index (χ4v) is 0.213. The lowest BCUT2D eigenvalue weighted by atomic mass is 10.3. The van der Waals surface area contributed by atoms with Crippen molar-refractivity contribution < 1.29 is 34.8 Å². The Morgan fingerprint density at radius 1 is 1.12 bits per heavy atom. The predicted molar refractivity (Wildman–Crippen MR) is 54.9 cm³/mol. The summed E-state index contributed by atoms with van der Waals surface area (Å²) in [6.07, 6.45) is 0.472. The molecule has 0 aromatic heterocycles. The Labute approximate surface area is 92.6 Å². The average Bonchev–Trinajstić information content (AvgIpc) is 2.17. The van der Waals surface area contributed by atoms with E-state index in [1.54, 1.807) is 0 Å². The summed E-state index contributed by atoms with van der Waals surface area (Å²) < 4.78 is 0. The van der Waals surface area contributed by atoms with Crippen molar-refractivity contribution in [3.8, 4) is 0 Å². The van der Waals surface area contributed by atoms with E-state index >= 15 is 0 Å². The van der Waals surface area contributed by atoms with Gasteiger partial charge in [0.05, 0.1) is 13.2 Å². The third kappa shape index (κ3) is 56.1. The molecule has 0 fully saturated rings. The van der Waals surface area contributed by atoms with Crippen LogP contribution in [-0.2, 0) is 14.4 Å². The van der Waals surface area contributed by atoms with E-state index < -0.39 is 11.9 Å². The summed E-state index contributed by atoms with van der Waals surface area (Å²) in [5, 5.41) is 30.7.